The van der Waals surface area contributed by atoms with Gasteiger partial charge >= 0.3 is 5.97 Å². The van der Waals surface area contributed by atoms with Crippen LogP contribution in [0.5, 0.6) is 0 Å². The lowest BCUT2D eigenvalue weighted by Crippen LogP contribution is -2.17. The van der Waals surface area contributed by atoms with Gasteiger partial charge in [-0.3, -0.25) is 0 Å². The van der Waals surface area contributed by atoms with Crippen LogP contribution in [-0.2, 0) is 14.3 Å². The minimum Gasteiger partial charge on any atom is -0.460 e. The molecule has 2 atom stereocenters. The molecule has 0 spiro atoms. The highest BCUT2D eigenvalue weighted by molar-refractivity contribution is 5.81. The summed E-state index contributed by atoms with van der Waals surface area (Å²) >= 11 is 0. The Morgan fingerprint density at radius 2 is 1.77 bits per heavy atom. The topological polar surface area (TPSA) is 35.5 Å². The molecule has 0 aliphatic heterocycles. The average Bonchev–Trinajstić information content (AvgIpc) is 2.53. The molecule has 0 rings (SSSR count). The van der Waals surface area contributed by atoms with Crippen molar-refractivity contribution in [2.75, 3.05) is 13.2 Å². The van der Waals surface area contributed by atoms with Gasteiger partial charge in [0, 0.05) is 6.08 Å². The summed E-state index contributed by atoms with van der Waals surface area (Å²) in [5, 5.41) is 0. The zero-order valence-electron chi connectivity index (χ0n) is 14.5. The van der Waals surface area contributed by atoms with Crippen LogP contribution in [0.1, 0.15) is 65.2 Å². The number of allylic oxidation sites excluding steroid dienone is 1. The first-order valence-electron chi connectivity index (χ1n) is 8.67. The molecule has 22 heavy (non-hydrogen) atoms. The van der Waals surface area contributed by atoms with Crippen molar-refractivity contribution in [2.45, 2.75) is 71.3 Å². The van der Waals surface area contributed by atoms with Crippen LogP contribution in [0, 0.1) is 5.92 Å². The molecule has 0 aliphatic carbocycles. The maximum absolute atomic E-state index is 10.9. The van der Waals surface area contributed by atoms with E-state index in [0.717, 1.165) is 12.5 Å². The standard InChI is InChI=1S/C19H34O3/c1-5-8-9-10-11-12-13-18(6-2)16-17(4)21-14-15-22-19(20)7-3/h6-7,17-18H,2-3,5,8-16H2,1,4H3. The predicted molar refractivity (Wildman–Crippen MR) is 92.9 cm³/mol. The molecule has 0 N–H and O–H groups in total. The first-order valence-corrected chi connectivity index (χ1v) is 8.67. The number of carbonyl (C=O) groups excluding carboxylic acids is 1. The van der Waals surface area contributed by atoms with E-state index in [2.05, 4.69) is 27.0 Å². The predicted octanol–water partition coefficient (Wildman–Crippen LogP) is 5.06. The number of ether oxygens (including phenoxy) is 2. The SMILES string of the molecule is C=CC(=O)OCCOC(C)CC(C=C)CCCCCCCC. The molecule has 0 aromatic heterocycles. The van der Waals surface area contributed by atoms with E-state index < -0.39 is 5.97 Å². The van der Waals surface area contributed by atoms with Crippen LogP contribution in [0.15, 0.2) is 25.3 Å². The molecule has 0 radical (unpaired) electrons. The van der Waals surface area contributed by atoms with Gasteiger partial charge in [0.05, 0.1) is 12.7 Å². The minimum absolute atomic E-state index is 0.158. The third-order valence-electron chi connectivity index (χ3n) is 3.79. The Bertz CT molecular complexity index is 299. The second-order valence-electron chi connectivity index (χ2n) is 5.84. The summed E-state index contributed by atoms with van der Waals surface area (Å²) in [5.41, 5.74) is 0. The maximum Gasteiger partial charge on any atom is 0.330 e. The van der Waals surface area contributed by atoms with Crippen molar-refractivity contribution in [1.82, 2.24) is 0 Å². The van der Waals surface area contributed by atoms with Gasteiger partial charge in [-0.05, 0) is 25.7 Å². The van der Waals surface area contributed by atoms with Crippen LogP contribution in [0.2, 0.25) is 0 Å². The van der Waals surface area contributed by atoms with E-state index in [1.165, 1.54) is 44.9 Å². The van der Waals surface area contributed by atoms with E-state index in [4.69, 9.17) is 9.47 Å². The smallest absolute Gasteiger partial charge is 0.330 e. The van der Waals surface area contributed by atoms with E-state index in [1.54, 1.807) is 0 Å². The molecule has 0 saturated heterocycles. The zero-order chi connectivity index (χ0) is 16.6. The van der Waals surface area contributed by atoms with Crippen molar-refractivity contribution < 1.29 is 14.3 Å². The summed E-state index contributed by atoms with van der Waals surface area (Å²) in [4.78, 5) is 10.9. The van der Waals surface area contributed by atoms with E-state index >= 15 is 0 Å². The first-order chi connectivity index (χ1) is 10.6. The quantitative estimate of drug-likeness (QED) is 0.183. The number of carbonyl (C=O) groups is 1. The molecule has 3 nitrogen and oxygen atoms in total. The van der Waals surface area contributed by atoms with Gasteiger partial charge in [0.25, 0.3) is 0 Å². The second-order valence-corrected chi connectivity index (χ2v) is 5.84. The Hall–Kier alpha value is -1.09. The lowest BCUT2D eigenvalue weighted by molar-refractivity contribution is -0.139. The number of hydrogen-bond donors (Lipinski definition) is 0. The van der Waals surface area contributed by atoms with Gasteiger partial charge in [0.1, 0.15) is 6.61 Å². The van der Waals surface area contributed by atoms with Crippen LogP contribution >= 0.6 is 0 Å². The lowest BCUT2D eigenvalue weighted by atomic mass is 9.95. The third-order valence-corrected chi connectivity index (χ3v) is 3.79. The van der Waals surface area contributed by atoms with Crippen LogP contribution in [0.3, 0.4) is 0 Å². The molecule has 0 aromatic carbocycles. The molecule has 128 valence electrons. The van der Waals surface area contributed by atoms with Gasteiger partial charge < -0.3 is 9.47 Å². The number of unbranched alkanes of at least 4 members (excludes halogenated alkanes) is 5. The maximum atomic E-state index is 10.9. The second kappa shape index (κ2) is 14.8. The van der Waals surface area contributed by atoms with Crippen LogP contribution < -0.4 is 0 Å². The van der Waals surface area contributed by atoms with E-state index in [0.29, 0.717) is 12.5 Å². The van der Waals surface area contributed by atoms with Crippen LogP contribution in [-0.4, -0.2) is 25.3 Å². The molecule has 0 saturated carbocycles. The van der Waals surface area contributed by atoms with Crippen molar-refractivity contribution in [2.24, 2.45) is 5.92 Å². The van der Waals surface area contributed by atoms with Gasteiger partial charge in [0.15, 0.2) is 0 Å². The first kappa shape index (κ1) is 20.9. The summed E-state index contributed by atoms with van der Waals surface area (Å²) in [5.74, 6) is 0.111. The van der Waals surface area contributed by atoms with Gasteiger partial charge in [-0.25, -0.2) is 4.79 Å². The Kier molecular flexibility index (Phi) is 14.1. The summed E-state index contributed by atoms with van der Waals surface area (Å²) in [6, 6.07) is 0. The van der Waals surface area contributed by atoms with Crippen molar-refractivity contribution in [3.63, 3.8) is 0 Å². The molecule has 0 amide bonds. The molecular weight excluding hydrogens is 276 g/mol. The fourth-order valence-electron chi connectivity index (χ4n) is 2.46. The Balaban J connectivity index is 3.66. The molecular formula is C19H34O3. The van der Waals surface area contributed by atoms with Gasteiger partial charge in [-0.15, -0.1) is 6.58 Å². The number of hydrogen-bond acceptors (Lipinski definition) is 3. The zero-order valence-corrected chi connectivity index (χ0v) is 14.5. The number of esters is 1. The van der Waals surface area contributed by atoms with Crippen molar-refractivity contribution in [3.8, 4) is 0 Å². The van der Waals surface area contributed by atoms with Gasteiger partial charge in [-0.1, -0.05) is 58.1 Å². The highest BCUT2D eigenvalue weighted by Gasteiger charge is 2.10. The Morgan fingerprint density at radius 1 is 1.09 bits per heavy atom. The third kappa shape index (κ3) is 12.6. The average molecular weight is 310 g/mol. The molecule has 3 heteroatoms. The van der Waals surface area contributed by atoms with Crippen molar-refractivity contribution in [1.29, 1.82) is 0 Å². The molecule has 0 heterocycles. The lowest BCUT2D eigenvalue weighted by Gasteiger charge is -2.18. The molecule has 0 fully saturated rings. The summed E-state index contributed by atoms with van der Waals surface area (Å²) in [6.07, 6.45) is 13.5. The monoisotopic (exact) mass is 310 g/mol. The Labute approximate surface area is 136 Å². The normalized spacial score (nSPS) is 13.4. The van der Waals surface area contributed by atoms with Crippen molar-refractivity contribution >= 4 is 5.97 Å². The Morgan fingerprint density at radius 3 is 2.41 bits per heavy atom. The fraction of sp³-hybridized carbons (Fsp3) is 0.737. The van der Waals surface area contributed by atoms with Crippen LogP contribution in [0.4, 0.5) is 0 Å². The van der Waals surface area contributed by atoms with Crippen LogP contribution in [0.25, 0.3) is 0 Å². The van der Waals surface area contributed by atoms with Crippen molar-refractivity contribution in [3.05, 3.63) is 25.3 Å². The molecule has 0 aromatic rings. The highest BCUT2D eigenvalue weighted by atomic mass is 16.6. The summed E-state index contributed by atoms with van der Waals surface area (Å²) < 4.78 is 10.6. The fourth-order valence-corrected chi connectivity index (χ4v) is 2.46. The summed E-state index contributed by atoms with van der Waals surface area (Å²) in [7, 11) is 0. The van der Waals surface area contributed by atoms with Gasteiger partial charge in [0.2, 0.25) is 0 Å². The van der Waals surface area contributed by atoms with Gasteiger partial charge in [-0.2, -0.15) is 0 Å². The highest BCUT2D eigenvalue weighted by Crippen LogP contribution is 2.19. The summed E-state index contributed by atoms with van der Waals surface area (Å²) in [6.45, 7) is 12.3. The van der Waals surface area contributed by atoms with E-state index in [-0.39, 0.29) is 12.7 Å². The largest absolute Gasteiger partial charge is 0.460 e. The minimum atomic E-state index is -0.400. The van der Waals surface area contributed by atoms with E-state index in [9.17, 15) is 4.79 Å². The molecule has 2 unspecified atom stereocenters. The molecule has 0 bridgehead atoms. The number of rotatable bonds is 15. The van der Waals surface area contributed by atoms with E-state index in [1.807, 2.05) is 6.08 Å². The molecule has 0 aliphatic rings.